The van der Waals surface area contributed by atoms with E-state index in [4.69, 9.17) is 11.3 Å². The van der Waals surface area contributed by atoms with Crippen molar-refractivity contribution in [2.45, 2.75) is 52.0 Å². The van der Waals surface area contributed by atoms with Crippen molar-refractivity contribution in [3.63, 3.8) is 0 Å². The number of nitrogen functional groups attached to an aromatic ring is 1. The van der Waals surface area contributed by atoms with Crippen molar-refractivity contribution in [3.8, 4) is 11.3 Å². The van der Waals surface area contributed by atoms with Crippen molar-refractivity contribution in [1.29, 1.82) is 5.53 Å². The van der Waals surface area contributed by atoms with Gasteiger partial charge in [-0.15, -0.1) is 5.10 Å². The molecule has 1 aliphatic rings. The molecule has 0 radical (unpaired) electrons. The second-order valence-electron chi connectivity index (χ2n) is 8.87. The molecule has 0 aromatic carbocycles. The zero-order chi connectivity index (χ0) is 22.9. The number of nitrogens with one attached hydrogen (secondary N) is 3. The largest absolute Gasteiger partial charge is 0.382 e. The topological polar surface area (TPSA) is 129 Å². The summed E-state index contributed by atoms with van der Waals surface area (Å²) in [5.74, 6) is 0.865. The quantitative estimate of drug-likeness (QED) is 0.376. The maximum atomic E-state index is 12.6. The minimum absolute atomic E-state index is 0.107. The van der Waals surface area contributed by atoms with E-state index in [-0.39, 0.29) is 17.3 Å². The van der Waals surface area contributed by atoms with E-state index >= 15 is 0 Å². The Morgan fingerprint density at radius 1 is 1.25 bits per heavy atom. The van der Waals surface area contributed by atoms with Crippen LogP contribution in [0.15, 0.2) is 29.5 Å². The number of pyridine rings is 1. The van der Waals surface area contributed by atoms with Gasteiger partial charge in [0.15, 0.2) is 11.6 Å². The Kier molecular flexibility index (Phi) is 5.90. The fraction of sp³-hybridized carbons (Fsp3) is 0.476. The van der Waals surface area contributed by atoms with Crippen LogP contribution in [0.25, 0.3) is 16.8 Å². The van der Waals surface area contributed by atoms with Gasteiger partial charge in [-0.05, 0) is 49.3 Å². The van der Waals surface area contributed by atoms with E-state index in [2.05, 4.69) is 44.7 Å². The van der Waals surface area contributed by atoms with Gasteiger partial charge in [0.25, 0.3) is 6.43 Å². The predicted molar refractivity (Wildman–Crippen MR) is 120 cm³/mol. The van der Waals surface area contributed by atoms with E-state index in [0.29, 0.717) is 34.2 Å². The van der Waals surface area contributed by atoms with E-state index in [1.807, 2.05) is 0 Å². The highest BCUT2D eigenvalue weighted by Crippen LogP contribution is 2.36. The standard InChI is InChI=1S/C21H27F2N9/c1-21(2)8-5-12(6-9-21)27-20-29-18(24)17-13(7-10-32(17)31-20)14-3-4-15(30-25)19(28-14)26-11-16(22)23/h3-4,7,10,12,16,25H,5-6,8-9,11H2,1-2H3,(H,26,28)(H3,24,27,29,31). The lowest BCUT2D eigenvalue weighted by atomic mass is 9.76. The van der Waals surface area contributed by atoms with Gasteiger partial charge < -0.3 is 16.4 Å². The Morgan fingerprint density at radius 3 is 2.69 bits per heavy atom. The molecule has 4 rings (SSSR count). The van der Waals surface area contributed by atoms with Crippen molar-refractivity contribution in [1.82, 2.24) is 19.6 Å². The Bertz CT molecular complexity index is 1120. The third-order valence-electron chi connectivity index (χ3n) is 5.90. The lowest BCUT2D eigenvalue weighted by Crippen LogP contribution is -2.30. The maximum absolute atomic E-state index is 12.6. The SMILES string of the molecule is CC1(C)CCC(Nc2nc(N)c3c(-c4ccc(N=N)c(NCC(F)F)n4)ccn3n2)CC1. The highest BCUT2D eigenvalue weighted by molar-refractivity contribution is 5.87. The molecule has 32 heavy (non-hydrogen) atoms. The van der Waals surface area contributed by atoms with Crippen molar-refractivity contribution in [3.05, 3.63) is 24.4 Å². The van der Waals surface area contributed by atoms with Crippen molar-refractivity contribution < 1.29 is 8.78 Å². The number of anilines is 3. The molecule has 170 valence electrons. The van der Waals surface area contributed by atoms with Crippen LogP contribution in [0, 0.1) is 10.9 Å². The Labute approximate surface area is 184 Å². The van der Waals surface area contributed by atoms with Gasteiger partial charge in [0, 0.05) is 17.8 Å². The minimum Gasteiger partial charge on any atom is -0.382 e. The fourth-order valence-electron chi connectivity index (χ4n) is 4.04. The fourth-order valence-corrected chi connectivity index (χ4v) is 4.04. The predicted octanol–water partition coefficient (Wildman–Crippen LogP) is 5.09. The molecule has 0 saturated heterocycles. The van der Waals surface area contributed by atoms with Crippen LogP contribution < -0.4 is 16.4 Å². The second kappa shape index (κ2) is 8.64. The smallest absolute Gasteiger partial charge is 0.255 e. The lowest BCUT2D eigenvalue weighted by molar-refractivity contribution is 0.163. The summed E-state index contributed by atoms with van der Waals surface area (Å²) in [5.41, 5.74) is 15.8. The van der Waals surface area contributed by atoms with Gasteiger partial charge in [-0.3, -0.25) is 0 Å². The second-order valence-corrected chi connectivity index (χ2v) is 8.87. The first-order valence-electron chi connectivity index (χ1n) is 10.6. The molecule has 9 nitrogen and oxygen atoms in total. The zero-order valence-electron chi connectivity index (χ0n) is 18.1. The van der Waals surface area contributed by atoms with Gasteiger partial charge in [-0.1, -0.05) is 13.8 Å². The molecular weight excluding hydrogens is 416 g/mol. The molecule has 0 atom stereocenters. The van der Waals surface area contributed by atoms with Crippen LogP contribution in [0.1, 0.15) is 39.5 Å². The maximum Gasteiger partial charge on any atom is 0.255 e. The number of hydrogen-bond donors (Lipinski definition) is 4. The molecule has 3 aromatic rings. The molecule has 0 unspecified atom stereocenters. The van der Waals surface area contributed by atoms with Gasteiger partial charge in [0.2, 0.25) is 5.95 Å². The number of nitrogens with zero attached hydrogens (tertiary/aromatic N) is 5. The Morgan fingerprint density at radius 2 is 2.00 bits per heavy atom. The molecule has 0 bridgehead atoms. The van der Waals surface area contributed by atoms with Gasteiger partial charge in [0.1, 0.15) is 11.2 Å². The normalized spacial score (nSPS) is 16.4. The monoisotopic (exact) mass is 443 g/mol. The molecule has 1 fully saturated rings. The van der Waals surface area contributed by atoms with Crippen molar-refractivity contribution in [2.24, 2.45) is 10.5 Å². The number of halogens is 2. The molecular formula is C21H27F2N9. The molecule has 0 aliphatic heterocycles. The number of rotatable bonds is 7. The minimum atomic E-state index is -2.56. The van der Waals surface area contributed by atoms with E-state index in [1.165, 1.54) is 0 Å². The first-order chi connectivity index (χ1) is 15.3. The van der Waals surface area contributed by atoms with Gasteiger partial charge in [-0.2, -0.15) is 10.1 Å². The van der Waals surface area contributed by atoms with E-state index in [9.17, 15) is 8.78 Å². The van der Waals surface area contributed by atoms with Crippen LogP contribution >= 0.6 is 0 Å². The highest BCUT2D eigenvalue weighted by Gasteiger charge is 2.27. The molecule has 5 N–H and O–H groups in total. The zero-order valence-corrected chi connectivity index (χ0v) is 18.1. The van der Waals surface area contributed by atoms with Crippen molar-refractivity contribution >= 4 is 28.8 Å². The van der Waals surface area contributed by atoms with Gasteiger partial charge in [0.05, 0.1) is 12.2 Å². The number of aromatic nitrogens is 4. The number of fused-ring (bicyclic) bond motifs is 1. The number of alkyl halides is 2. The molecule has 11 heteroatoms. The molecule has 3 aromatic heterocycles. The molecule has 3 heterocycles. The summed E-state index contributed by atoms with van der Waals surface area (Å²) < 4.78 is 26.9. The third-order valence-corrected chi connectivity index (χ3v) is 5.90. The van der Waals surface area contributed by atoms with E-state index in [0.717, 1.165) is 25.7 Å². The van der Waals surface area contributed by atoms with Crippen LogP contribution in [0.5, 0.6) is 0 Å². The van der Waals surface area contributed by atoms with Gasteiger partial charge in [-0.25, -0.2) is 23.8 Å². The van der Waals surface area contributed by atoms with E-state index in [1.54, 1.807) is 28.9 Å². The third kappa shape index (κ3) is 4.61. The number of nitrogens with two attached hydrogens (primary N) is 1. The molecule has 1 aliphatic carbocycles. The summed E-state index contributed by atoms with van der Waals surface area (Å²) in [7, 11) is 0. The first-order valence-corrected chi connectivity index (χ1v) is 10.6. The average molecular weight is 444 g/mol. The van der Waals surface area contributed by atoms with Crippen LogP contribution in [0.4, 0.5) is 32.1 Å². The summed E-state index contributed by atoms with van der Waals surface area (Å²) >= 11 is 0. The molecule has 0 amide bonds. The summed E-state index contributed by atoms with van der Waals surface area (Å²) in [6, 6.07) is 5.31. The number of hydrogen-bond acceptors (Lipinski definition) is 8. The average Bonchev–Trinajstić information content (AvgIpc) is 3.18. The van der Waals surface area contributed by atoms with Crippen LogP contribution in [0.3, 0.4) is 0 Å². The van der Waals surface area contributed by atoms with Crippen LogP contribution in [-0.2, 0) is 0 Å². The molecule has 0 spiro atoms. The summed E-state index contributed by atoms with van der Waals surface area (Å²) in [6.45, 7) is 3.99. The molecule has 1 saturated carbocycles. The van der Waals surface area contributed by atoms with E-state index < -0.39 is 13.0 Å². The Balaban J connectivity index is 1.61. The first kappa shape index (κ1) is 21.8. The summed E-state index contributed by atoms with van der Waals surface area (Å²) in [5, 5.41) is 13.8. The van der Waals surface area contributed by atoms with Crippen molar-refractivity contribution in [2.75, 3.05) is 22.9 Å². The lowest BCUT2D eigenvalue weighted by Gasteiger charge is -2.34. The summed E-state index contributed by atoms with van der Waals surface area (Å²) in [6.07, 6.45) is 3.59. The van der Waals surface area contributed by atoms with Crippen LogP contribution in [-0.4, -0.2) is 38.6 Å². The highest BCUT2D eigenvalue weighted by atomic mass is 19.3. The Hall–Kier alpha value is -3.37. The van der Waals surface area contributed by atoms with Crippen LogP contribution in [0.2, 0.25) is 0 Å². The van der Waals surface area contributed by atoms with Gasteiger partial charge >= 0.3 is 0 Å². The summed E-state index contributed by atoms with van der Waals surface area (Å²) in [4.78, 5) is 8.83.